The molecule has 0 amide bonds. The first-order valence-corrected chi connectivity index (χ1v) is 8.51. The first-order valence-electron chi connectivity index (χ1n) is 8.51. The summed E-state index contributed by atoms with van der Waals surface area (Å²) in [4.78, 5) is 34.4. The van der Waals surface area contributed by atoms with Crippen molar-refractivity contribution in [3.63, 3.8) is 0 Å². The molecule has 1 heterocycles. The summed E-state index contributed by atoms with van der Waals surface area (Å²) in [6, 6.07) is 10.5. The van der Waals surface area contributed by atoms with Gasteiger partial charge in [0.25, 0.3) is 5.69 Å². The number of carbonyl (C=O) groups excluding carboxylic acids is 1. The minimum Gasteiger partial charge on any atom is -0.457 e. The van der Waals surface area contributed by atoms with Crippen LogP contribution < -0.4 is 5.63 Å². The number of non-ortho nitro benzene ring substituents is 1. The number of rotatable bonds is 4. The molecule has 4 rings (SSSR count). The van der Waals surface area contributed by atoms with Crippen LogP contribution in [0.25, 0.3) is 11.0 Å². The zero-order valence-corrected chi connectivity index (χ0v) is 14.3. The van der Waals surface area contributed by atoms with Crippen molar-refractivity contribution in [2.24, 2.45) is 0 Å². The zero-order chi connectivity index (χ0) is 19.0. The van der Waals surface area contributed by atoms with E-state index in [1.165, 1.54) is 35.4 Å². The van der Waals surface area contributed by atoms with Gasteiger partial charge in [-0.3, -0.25) is 10.1 Å². The number of fused-ring (bicyclic) bond motifs is 2. The minimum atomic E-state index is -0.693. The smallest absolute Gasteiger partial charge is 0.338 e. The van der Waals surface area contributed by atoms with E-state index in [-0.39, 0.29) is 17.9 Å². The predicted molar refractivity (Wildman–Crippen MR) is 96.7 cm³/mol. The summed E-state index contributed by atoms with van der Waals surface area (Å²) in [6.07, 6.45) is 2.99. The maximum atomic E-state index is 12.3. The van der Waals surface area contributed by atoms with E-state index in [9.17, 15) is 19.7 Å². The van der Waals surface area contributed by atoms with Crippen LogP contribution in [0.5, 0.6) is 0 Å². The normalized spacial score (nSPS) is 12.7. The topological polar surface area (TPSA) is 99.7 Å². The minimum absolute atomic E-state index is 0.0809. The first kappa shape index (κ1) is 17.0. The third-order valence-electron chi connectivity index (χ3n) is 4.69. The fourth-order valence-corrected chi connectivity index (χ4v) is 3.39. The van der Waals surface area contributed by atoms with Crippen molar-refractivity contribution in [1.82, 2.24) is 0 Å². The molecular weight excluding hydrogens is 350 g/mol. The SMILES string of the molecule is O=C(OCc1cc(=O)oc2cc3c(cc12)CCC3)c1cccc([N+](=O)[O-])c1. The number of nitrogens with zero attached hydrogens (tertiary/aromatic N) is 1. The predicted octanol–water partition coefficient (Wildman–Crippen LogP) is 3.55. The molecular formula is C20H15NO6. The Morgan fingerprint density at radius 2 is 1.93 bits per heavy atom. The monoisotopic (exact) mass is 365 g/mol. The van der Waals surface area contributed by atoms with Crippen LogP contribution in [0.1, 0.15) is 33.5 Å². The number of benzene rings is 2. The lowest BCUT2D eigenvalue weighted by molar-refractivity contribution is -0.384. The van der Waals surface area contributed by atoms with Crippen molar-refractivity contribution in [2.75, 3.05) is 0 Å². The van der Waals surface area contributed by atoms with Gasteiger partial charge in [-0.1, -0.05) is 6.07 Å². The third kappa shape index (κ3) is 3.31. The van der Waals surface area contributed by atoms with Crippen LogP contribution in [0, 0.1) is 10.1 Å². The Morgan fingerprint density at radius 1 is 1.15 bits per heavy atom. The second-order valence-electron chi connectivity index (χ2n) is 6.44. The molecule has 3 aromatic rings. The number of hydrogen-bond acceptors (Lipinski definition) is 6. The van der Waals surface area contributed by atoms with Crippen molar-refractivity contribution in [2.45, 2.75) is 25.9 Å². The van der Waals surface area contributed by atoms with Crippen molar-refractivity contribution in [3.05, 3.63) is 85.3 Å². The van der Waals surface area contributed by atoms with Gasteiger partial charge in [0.1, 0.15) is 12.2 Å². The molecule has 27 heavy (non-hydrogen) atoms. The molecule has 1 aromatic heterocycles. The highest BCUT2D eigenvalue weighted by molar-refractivity contribution is 5.90. The molecule has 0 saturated heterocycles. The van der Waals surface area contributed by atoms with Gasteiger partial charge in [0.15, 0.2) is 0 Å². The molecule has 0 unspecified atom stereocenters. The molecule has 0 spiro atoms. The summed E-state index contributed by atoms with van der Waals surface area (Å²) in [5.41, 5.74) is 2.79. The highest BCUT2D eigenvalue weighted by Crippen LogP contribution is 2.29. The summed E-state index contributed by atoms with van der Waals surface area (Å²) >= 11 is 0. The van der Waals surface area contributed by atoms with E-state index in [1.807, 2.05) is 12.1 Å². The number of nitro benzene ring substituents is 1. The summed E-state index contributed by atoms with van der Waals surface area (Å²) in [5, 5.41) is 11.6. The first-order chi connectivity index (χ1) is 13.0. The van der Waals surface area contributed by atoms with Crippen molar-refractivity contribution < 1.29 is 18.9 Å². The van der Waals surface area contributed by atoms with Gasteiger partial charge in [-0.05, 0) is 48.6 Å². The summed E-state index contributed by atoms with van der Waals surface area (Å²) in [7, 11) is 0. The van der Waals surface area contributed by atoms with Gasteiger partial charge in [-0.2, -0.15) is 0 Å². The van der Waals surface area contributed by atoms with Crippen LogP contribution in [0.3, 0.4) is 0 Å². The molecule has 0 aliphatic heterocycles. The maximum Gasteiger partial charge on any atom is 0.338 e. The summed E-state index contributed by atoms with van der Waals surface area (Å²) < 4.78 is 10.6. The van der Waals surface area contributed by atoms with E-state index in [0.29, 0.717) is 11.1 Å². The molecule has 0 N–H and O–H groups in total. The van der Waals surface area contributed by atoms with Gasteiger partial charge in [0.05, 0.1) is 10.5 Å². The second-order valence-corrected chi connectivity index (χ2v) is 6.44. The van der Waals surface area contributed by atoms with Crippen LogP contribution in [0.4, 0.5) is 5.69 Å². The van der Waals surface area contributed by atoms with Crippen LogP contribution >= 0.6 is 0 Å². The van der Waals surface area contributed by atoms with Crippen LogP contribution in [0.15, 0.2) is 51.7 Å². The number of hydrogen-bond donors (Lipinski definition) is 0. The molecule has 0 bridgehead atoms. The van der Waals surface area contributed by atoms with E-state index in [2.05, 4.69) is 0 Å². The van der Waals surface area contributed by atoms with E-state index in [4.69, 9.17) is 9.15 Å². The zero-order valence-electron chi connectivity index (χ0n) is 14.3. The summed E-state index contributed by atoms with van der Waals surface area (Å²) in [6.45, 7) is -0.123. The molecule has 7 nitrogen and oxygen atoms in total. The van der Waals surface area contributed by atoms with Gasteiger partial charge < -0.3 is 9.15 Å². The quantitative estimate of drug-likeness (QED) is 0.303. The highest BCUT2D eigenvalue weighted by atomic mass is 16.6. The van der Waals surface area contributed by atoms with E-state index in [0.717, 1.165) is 30.7 Å². The van der Waals surface area contributed by atoms with Crippen molar-refractivity contribution >= 4 is 22.6 Å². The van der Waals surface area contributed by atoms with Gasteiger partial charge >= 0.3 is 11.6 Å². The van der Waals surface area contributed by atoms with E-state index in [1.54, 1.807) is 0 Å². The Kier molecular flexibility index (Phi) is 4.19. The highest BCUT2D eigenvalue weighted by Gasteiger charge is 2.17. The largest absolute Gasteiger partial charge is 0.457 e. The molecule has 1 aliphatic rings. The molecule has 0 fully saturated rings. The average molecular weight is 365 g/mol. The number of carbonyl (C=O) groups is 1. The molecule has 0 atom stereocenters. The maximum absolute atomic E-state index is 12.3. The fourth-order valence-electron chi connectivity index (χ4n) is 3.39. The number of ether oxygens (including phenoxy) is 1. The lowest BCUT2D eigenvalue weighted by Gasteiger charge is -2.09. The molecule has 7 heteroatoms. The van der Waals surface area contributed by atoms with Crippen LogP contribution in [-0.4, -0.2) is 10.9 Å². The molecule has 0 radical (unpaired) electrons. The van der Waals surface area contributed by atoms with Crippen molar-refractivity contribution in [1.29, 1.82) is 0 Å². The Hall–Kier alpha value is -3.48. The molecule has 1 aliphatic carbocycles. The second kappa shape index (κ2) is 6.68. The van der Waals surface area contributed by atoms with Gasteiger partial charge in [-0.25, -0.2) is 9.59 Å². The fraction of sp³-hybridized carbons (Fsp3) is 0.200. The lowest BCUT2D eigenvalue weighted by atomic mass is 10.0. The van der Waals surface area contributed by atoms with Crippen molar-refractivity contribution in [3.8, 4) is 0 Å². The van der Waals surface area contributed by atoms with E-state index >= 15 is 0 Å². The van der Waals surface area contributed by atoms with E-state index < -0.39 is 16.5 Å². The van der Waals surface area contributed by atoms with Gasteiger partial charge in [-0.15, -0.1) is 0 Å². The van der Waals surface area contributed by atoms with Crippen LogP contribution in [-0.2, 0) is 24.2 Å². The standard InChI is InChI=1S/C20H15NO6/c22-19-10-15(17-8-12-3-1-4-13(12)9-18(17)27-19)11-26-20(23)14-5-2-6-16(7-14)21(24)25/h2,5-10H,1,3-4,11H2. The number of aryl methyl sites for hydroxylation is 2. The average Bonchev–Trinajstić information content (AvgIpc) is 3.11. The van der Waals surface area contributed by atoms with Gasteiger partial charge in [0, 0.05) is 29.1 Å². The Bertz CT molecular complexity index is 1130. The molecule has 2 aromatic carbocycles. The Labute approximate surface area is 153 Å². The molecule has 136 valence electrons. The van der Waals surface area contributed by atoms with Gasteiger partial charge in [0.2, 0.25) is 0 Å². The number of esters is 1. The lowest BCUT2D eigenvalue weighted by Crippen LogP contribution is -2.08. The Balaban J connectivity index is 1.62. The summed E-state index contributed by atoms with van der Waals surface area (Å²) in [5.74, 6) is -0.693. The molecule has 0 saturated carbocycles. The van der Waals surface area contributed by atoms with Crippen LogP contribution in [0.2, 0.25) is 0 Å². The Morgan fingerprint density at radius 3 is 2.70 bits per heavy atom. The number of nitro groups is 1. The third-order valence-corrected chi connectivity index (χ3v) is 4.69.